The van der Waals surface area contributed by atoms with E-state index >= 15 is 0 Å². The van der Waals surface area contributed by atoms with Gasteiger partial charge in [0.15, 0.2) is 0 Å². The third-order valence-corrected chi connectivity index (χ3v) is 7.03. The average Bonchev–Trinajstić information content (AvgIpc) is 2.76. The monoisotopic (exact) mass is 493 g/mol. The maximum absolute atomic E-state index is 13.4. The maximum atomic E-state index is 13.4. The van der Waals surface area contributed by atoms with Crippen LogP contribution in [0.1, 0.15) is 38.3 Å². The average molecular weight is 494 g/mol. The third-order valence-electron chi connectivity index (χ3n) is 5.49. The van der Waals surface area contributed by atoms with Crippen molar-refractivity contribution in [3.63, 3.8) is 0 Å². The summed E-state index contributed by atoms with van der Waals surface area (Å²) in [7, 11) is -3.79. The Morgan fingerprint density at radius 2 is 1.73 bits per heavy atom. The van der Waals surface area contributed by atoms with Gasteiger partial charge in [-0.3, -0.25) is 13.9 Å². The molecular weight excluding hydrogens is 462 g/mol. The molecule has 0 bridgehead atoms. The number of hydrogen-bond acceptors (Lipinski definition) is 4. The number of benzene rings is 2. The molecule has 1 N–H and O–H groups in total. The molecule has 2 rings (SSSR count). The largest absolute Gasteiger partial charge is 0.352 e. The summed E-state index contributed by atoms with van der Waals surface area (Å²) in [6.45, 7) is 7.01. The van der Waals surface area contributed by atoms with Crippen LogP contribution in [0.3, 0.4) is 0 Å². The molecule has 0 fully saturated rings. The summed E-state index contributed by atoms with van der Waals surface area (Å²) in [4.78, 5) is 27.7. The number of halogens is 1. The molecule has 2 atom stereocenters. The molecule has 0 aliphatic heterocycles. The van der Waals surface area contributed by atoms with Crippen LogP contribution in [0.2, 0.25) is 5.02 Å². The van der Waals surface area contributed by atoms with Crippen LogP contribution >= 0.6 is 11.6 Å². The molecule has 33 heavy (non-hydrogen) atoms. The van der Waals surface area contributed by atoms with Crippen molar-refractivity contribution in [2.75, 3.05) is 17.1 Å². The van der Waals surface area contributed by atoms with Gasteiger partial charge in [0.05, 0.1) is 11.9 Å². The van der Waals surface area contributed by atoms with Gasteiger partial charge in [-0.1, -0.05) is 54.9 Å². The number of carbonyl (C=O) groups excluding carboxylic acids is 2. The third kappa shape index (κ3) is 7.47. The van der Waals surface area contributed by atoms with E-state index in [-0.39, 0.29) is 24.2 Å². The van der Waals surface area contributed by atoms with Gasteiger partial charge in [-0.05, 0) is 50.5 Å². The van der Waals surface area contributed by atoms with Gasteiger partial charge in [0.1, 0.15) is 12.6 Å². The normalized spacial score (nSPS) is 13.2. The summed E-state index contributed by atoms with van der Waals surface area (Å²) in [5.41, 5.74) is 1.91. The van der Waals surface area contributed by atoms with Gasteiger partial charge in [-0.15, -0.1) is 0 Å². The Morgan fingerprint density at radius 3 is 2.27 bits per heavy atom. The Hall–Kier alpha value is -2.58. The number of sulfonamides is 1. The Balaban J connectivity index is 2.38. The standard InChI is InChI=1S/C24H32ClN3O4S/c1-6-18(3)26-24(30)19(4)27(15-20-10-8-7-9-11-20)23(29)16-28(33(5,31)32)21-13-12-17(2)22(25)14-21/h7-14,18-19H,6,15-16H2,1-5H3,(H,26,30)/t18-,19-/m1/s1. The van der Waals surface area contributed by atoms with Crippen LogP contribution in [0.25, 0.3) is 0 Å². The minimum atomic E-state index is -3.79. The number of anilines is 1. The molecule has 0 radical (unpaired) electrons. The molecular formula is C24H32ClN3O4S. The zero-order chi connectivity index (χ0) is 24.8. The fourth-order valence-corrected chi connectivity index (χ4v) is 4.20. The summed E-state index contributed by atoms with van der Waals surface area (Å²) < 4.78 is 26.1. The van der Waals surface area contributed by atoms with Gasteiger partial charge in [-0.2, -0.15) is 0 Å². The van der Waals surface area contributed by atoms with Gasteiger partial charge >= 0.3 is 0 Å². The zero-order valence-electron chi connectivity index (χ0n) is 19.7. The van der Waals surface area contributed by atoms with E-state index < -0.39 is 28.5 Å². The quantitative estimate of drug-likeness (QED) is 0.546. The zero-order valence-corrected chi connectivity index (χ0v) is 21.3. The Morgan fingerprint density at radius 1 is 1.09 bits per heavy atom. The minimum absolute atomic E-state index is 0.0455. The van der Waals surface area contributed by atoms with Crippen molar-refractivity contribution in [2.24, 2.45) is 0 Å². The first-order chi connectivity index (χ1) is 15.4. The number of nitrogens with one attached hydrogen (secondary N) is 1. The number of amides is 2. The Bertz CT molecular complexity index is 1080. The number of nitrogens with zero attached hydrogens (tertiary/aromatic N) is 2. The minimum Gasteiger partial charge on any atom is -0.352 e. The molecule has 2 aromatic carbocycles. The molecule has 0 unspecified atom stereocenters. The second kappa shape index (κ2) is 11.5. The molecule has 7 nitrogen and oxygen atoms in total. The second-order valence-corrected chi connectivity index (χ2v) is 10.5. The molecule has 0 aliphatic rings. The predicted octanol–water partition coefficient (Wildman–Crippen LogP) is 3.75. The molecule has 0 aromatic heterocycles. The van der Waals surface area contributed by atoms with Crippen molar-refractivity contribution < 1.29 is 18.0 Å². The summed E-state index contributed by atoms with van der Waals surface area (Å²) in [6.07, 6.45) is 1.79. The lowest BCUT2D eigenvalue weighted by Gasteiger charge is -2.32. The summed E-state index contributed by atoms with van der Waals surface area (Å²) in [6, 6.07) is 13.2. The topological polar surface area (TPSA) is 86.8 Å². The first kappa shape index (κ1) is 26.7. The van der Waals surface area contributed by atoms with Crippen LogP contribution in [-0.2, 0) is 26.2 Å². The number of rotatable bonds is 10. The van der Waals surface area contributed by atoms with E-state index in [4.69, 9.17) is 11.6 Å². The smallest absolute Gasteiger partial charge is 0.244 e. The fraction of sp³-hybridized carbons (Fsp3) is 0.417. The lowest BCUT2D eigenvalue weighted by atomic mass is 10.1. The van der Waals surface area contributed by atoms with Gasteiger partial charge < -0.3 is 10.2 Å². The van der Waals surface area contributed by atoms with E-state index in [9.17, 15) is 18.0 Å². The highest BCUT2D eigenvalue weighted by Gasteiger charge is 2.30. The maximum Gasteiger partial charge on any atom is 0.244 e. The van der Waals surface area contributed by atoms with Crippen LogP contribution in [0, 0.1) is 6.92 Å². The first-order valence-corrected chi connectivity index (χ1v) is 13.0. The van der Waals surface area contributed by atoms with Gasteiger partial charge in [0.2, 0.25) is 21.8 Å². The van der Waals surface area contributed by atoms with Crippen molar-refractivity contribution in [1.29, 1.82) is 0 Å². The highest BCUT2D eigenvalue weighted by Crippen LogP contribution is 2.25. The first-order valence-electron chi connectivity index (χ1n) is 10.8. The van der Waals surface area contributed by atoms with Crippen molar-refractivity contribution >= 4 is 39.1 Å². The van der Waals surface area contributed by atoms with E-state index in [0.717, 1.165) is 28.1 Å². The molecule has 0 saturated heterocycles. The van der Waals surface area contributed by atoms with E-state index in [2.05, 4.69) is 5.32 Å². The molecule has 180 valence electrons. The molecule has 2 amide bonds. The summed E-state index contributed by atoms with van der Waals surface area (Å²) in [5.74, 6) is -0.786. The van der Waals surface area contributed by atoms with Crippen LogP contribution in [0.15, 0.2) is 48.5 Å². The van der Waals surface area contributed by atoms with E-state index in [1.807, 2.05) is 44.2 Å². The lowest BCUT2D eigenvalue weighted by molar-refractivity contribution is -0.139. The predicted molar refractivity (Wildman–Crippen MR) is 133 cm³/mol. The number of aryl methyl sites for hydroxylation is 1. The van der Waals surface area contributed by atoms with Crippen molar-refractivity contribution in [3.8, 4) is 0 Å². The number of carbonyl (C=O) groups is 2. The van der Waals surface area contributed by atoms with Crippen LogP contribution < -0.4 is 9.62 Å². The van der Waals surface area contributed by atoms with Crippen LogP contribution in [0.4, 0.5) is 5.69 Å². The van der Waals surface area contributed by atoms with Crippen LogP contribution in [0.5, 0.6) is 0 Å². The molecule has 0 spiro atoms. The van der Waals surface area contributed by atoms with Crippen molar-refractivity contribution in [1.82, 2.24) is 10.2 Å². The Labute approximate surface area is 201 Å². The van der Waals surface area contributed by atoms with E-state index in [1.54, 1.807) is 26.0 Å². The molecule has 0 heterocycles. The van der Waals surface area contributed by atoms with Gasteiger partial charge in [0, 0.05) is 17.6 Å². The van der Waals surface area contributed by atoms with E-state index in [1.165, 1.54) is 11.0 Å². The fourth-order valence-electron chi connectivity index (χ4n) is 3.18. The van der Waals surface area contributed by atoms with Gasteiger partial charge in [0.25, 0.3) is 0 Å². The van der Waals surface area contributed by atoms with Crippen molar-refractivity contribution in [3.05, 3.63) is 64.7 Å². The van der Waals surface area contributed by atoms with E-state index in [0.29, 0.717) is 5.02 Å². The molecule has 0 aliphatic carbocycles. The van der Waals surface area contributed by atoms with Gasteiger partial charge in [-0.25, -0.2) is 8.42 Å². The summed E-state index contributed by atoms with van der Waals surface area (Å²) >= 11 is 6.20. The van der Waals surface area contributed by atoms with Crippen molar-refractivity contribution in [2.45, 2.75) is 52.7 Å². The molecule has 9 heteroatoms. The summed E-state index contributed by atoms with van der Waals surface area (Å²) in [5, 5.41) is 3.30. The second-order valence-electron chi connectivity index (χ2n) is 8.20. The SMILES string of the molecule is CC[C@@H](C)NC(=O)[C@@H](C)N(Cc1ccccc1)C(=O)CN(c1ccc(C)c(Cl)c1)S(C)(=O)=O. The highest BCUT2D eigenvalue weighted by molar-refractivity contribution is 7.92. The molecule has 0 saturated carbocycles. The Kier molecular flexibility index (Phi) is 9.31. The molecule has 2 aromatic rings. The van der Waals surface area contributed by atoms with Crippen LogP contribution in [-0.4, -0.2) is 50.0 Å². The highest BCUT2D eigenvalue weighted by atomic mass is 35.5. The number of hydrogen-bond donors (Lipinski definition) is 1. The lowest BCUT2D eigenvalue weighted by Crippen LogP contribution is -2.52.